The van der Waals surface area contributed by atoms with Crippen LogP contribution in [0.4, 0.5) is 5.69 Å². The first-order chi connectivity index (χ1) is 24.6. The van der Waals surface area contributed by atoms with Crippen LogP contribution >= 0.6 is 0 Å². The van der Waals surface area contributed by atoms with E-state index in [1.807, 2.05) is 135 Å². The molecule has 9 nitrogen and oxygen atoms in total. The fourth-order valence-corrected chi connectivity index (χ4v) is 5.99. The summed E-state index contributed by atoms with van der Waals surface area (Å²) in [6, 6.07) is 39.5. The molecule has 4 aromatic carbocycles. The number of fused-ring (bicyclic) bond motifs is 3. The summed E-state index contributed by atoms with van der Waals surface area (Å²) in [6.45, 7) is 2.72. The van der Waals surface area contributed by atoms with E-state index in [4.69, 9.17) is 19.6 Å². The van der Waals surface area contributed by atoms with Crippen LogP contribution < -0.4 is 5.73 Å². The first-order valence-corrected chi connectivity index (χ1v) is 16.4. The maximum absolute atomic E-state index is 6.23. The Morgan fingerprint density at radius 1 is 0.580 bits per heavy atom. The normalized spacial score (nSPS) is 11.2. The number of nitrogens with two attached hydrogens (primary N) is 1. The quantitative estimate of drug-likeness (QED) is 0.169. The monoisotopic (exact) mass is 655 g/mol. The highest BCUT2D eigenvalue weighted by Gasteiger charge is 2.13. The molecule has 0 bridgehead atoms. The number of para-hydroxylation sites is 4. The van der Waals surface area contributed by atoms with Gasteiger partial charge in [-0.25, -0.2) is 15.0 Å². The van der Waals surface area contributed by atoms with Crippen molar-refractivity contribution >= 4 is 38.9 Å². The summed E-state index contributed by atoms with van der Waals surface area (Å²) >= 11 is 0. The molecule has 0 amide bonds. The molecule has 9 rings (SSSR count). The van der Waals surface area contributed by atoms with Crippen LogP contribution in [0.2, 0.25) is 0 Å². The van der Waals surface area contributed by atoms with Gasteiger partial charge in [0.1, 0.15) is 16.9 Å². The van der Waals surface area contributed by atoms with Gasteiger partial charge in [-0.3, -0.25) is 9.97 Å². The van der Waals surface area contributed by atoms with Gasteiger partial charge in [0.2, 0.25) is 11.8 Å². The number of nitrogens with zero attached hydrogens (tertiary/aromatic N) is 6. The van der Waals surface area contributed by atoms with Crippen molar-refractivity contribution in [1.29, 1.82) is 0 Å². The van der Waals surface area contributed by atoms with Crippen LogP contribution in [0, 0.1) is 6.92 Å². The van der Waals surface area contributed by atoms with Crippen LogP contribution in [0.15, 0.2) is 143 Å². The van der Waals surface area contributed by atoms with Crippen molar-refractivity contribution in [2.45, 2.75) is 26.3 Å². The van der Waals surface area contributed by atoms with E-state index in [0.29, 0.717) is 18.3 Å². The smallest absolute Gasteiger partial charge is 0.227 e. The molecule has 9 heteroatoms. The molecule has 2 N–H and O–H groups in total. The number of hydrogen-bond acceptors (Lipinski definition) is 8. The molecule has 5 aromatic heterocycles. The van der Waals surface area contributed by atoms with Crippen LogP contribution in [0.3, 0.4) is 0 Å². The number of oxazole rings is 2. The van der Waals surface area contributed by atoms with Crippen LogP contribution in [0.5, 0.6) is 0 Å². The largest absolute Gasteiger partial charge is 0.436 e. The molecule has 0 atom stereocenters. The zero-order valence-electron chi connectivity index (χ0n) is 27.4. The molecular formula is C41H33N7O2. The highest BCUT2D eigenvalue weighted by atomic mass is 16.4. The van der Waals surface area contributed by atoms with Gasteiger partial charge in [-0.05, 0) is 104 Å². The molecule has 244 valence electrons. The third-order valence-electron chi connectivity index (χ3n) is 8.59. The summed E-state index contributed by atoms with van der Waals surface area (Å²) in [5.41, 5.74) is 17.3. The summed E-state index contributed by atoms with van der Waals surface area (Å²) < 4.78 is 13.9. The minimum absolute atomic E-state index is 0.596. The van der Waals surface area contributed by atoms with E-state index < -0.39 is 0 Å². The molecule has 0 aliphatic carbocycles. The fourth-order valence-electron chi connectivity index (χ4n) is 5.99. The lowest BCUT2D eigenvalue weighted by atomic mass is 10.0. The SMILES string of the molecule is Cc1nc2cc(-c3nc4ccccc4o3)ccc2n1Cc1ccccn1.Nc1cc(-c2nc3ccccc3o2)ccc1CCc1ccccn1. The van der Waals surface area contributed by atoms with Gasteiger partial charge in [0.25, 0.3) is 0 Å². The second kappa shape index (κ2) is 13.5. The lowest BCUT2D eigenvalue weighted by Gasteiger charge is -2.07. The first-order valence-electron chi connectivity index (χ1n) is 16.4. The zero-order valence-corrected chi connectivity index (χ0v) is 27.4. The predicted molar refractivity (Wildman–Crippen MR) is 196 cm³/mol. The molecule has 0 spiro atoms. The molecule has 0 unspecified atom stereocenters. The van der Waals surface area contributed by atoms with Crippen molar-refractivity contribution in [2.75, 3.05) is 5.73 Å². The van der Waals surface area contributed by atoms with Crippen LogP contribution in [0.1, 0.15) is 22.8 Å². The Labute approximate surface area is 288 Å². The van der Waals surface area contributed by atoms with Crippen molar-refractivity contribution in [3.05, 3.63) is 156 Å². The van der Waals surface area contributed by atoms with Crippen molar-refractivity contribution in [3.8, 4) is 22.9 Å². The zero-order chi connectivity index (χ0) is 33.9. The van der Waals surface area contributed by atoms with E-state index in [1.165, 1.54) is 0 Å². The van der Waals surface area contributed by atoms with Gasteiger partial charge in [0.15, 0.2) is 11.2 Å². The molecule has 0 aliphatic rings. The summed E-state index contributed by atoms with van der Waals surface area (Å²) in [6.07, 6.45) is 5.36. The highest BCUT2D eigenvalue weighted by Crippen LogP contribution is 2.29. The van der Waals surface area contributed by atoms with E-state index in [1.54, 1.807) is 0 Å². The third kappa shape index (κ3) is 6.44. The van der Waals surface area contributed by atoms with Gasteiger partial charge in [0.05, 0.1) is 23.3 Å². The Kier molecular flexibility index (Phi) is 8.28. The van der Waals surface area contributed by atoms with Crippen molar-refractivity contribution in [2.24, 2.45) is 0 Å². The van der Waals surface area contributed by atoms with Crippen molar-refractivity contribution in [3.63, 3.8) is 0 Å². The van der Waals surface area contributed by atoms with Gasteiger partial charge < -0.3 is 19.1 Å². The van der Waals surface area contributed by atoms with Crippen LogP contribution in [0.25, 0.3) is 56.1 Å². The Morgan fingerprint density at radius 2 is 1.18 bits per heavy atom. The molecule has 50 heavy (non-hydrogen) atoms. The van der Waals surface area contributed by atoms with Gasteiger partial charge in [0, 0.05) is 34.9 Å². The Hall–Kier alpha value is -6.61. The van der Waals surface area contributed by atoms with Gasteiger partial charge >= 0.3 is 0 Å². The second-order valence-corrected chi connectivity index (χ2v) is 12.0. The molecular weight excluding hydrogens is 622 g/mol. The Bertz CT molecular complexity index is 2490. The number of anilines is 1. The molecule has 0 saturated carbocycles. The predicted octanol–water partition coefficient (Wildman–Crippen LogP) is 8.85. The lowest BCUT2D eigenvalue weighted by molar-refractivity contribution is 0.619. The summed E-state index contributed by atoms with van der Waals surface area (Å²) in [4.78, 5) is 22.6. The third-order valence-corrected chi connectivity index (χ3v) is 8.59. The number of benzene rings is 4. The number of imidazole rings is 1. The first kappa shape index (κ1) is 30.7. The minimum atomic E-state index is 0.596. The summed E-state index contributed by atoms with van der Waals surface area (Å²) in [5, 5.41) is 0. The highest BCUT2D eigenvalue weighted by molar-refractivity contribution is 5.83. The van der Waals surface area contributed by atoms with Gasteiger partial charge in [-0.1, -0.05) is 42.5 Å². The van der Waals surface area contributed by atoms with E-state index in [2.05, 4.69) is 30.6 Å². The summed E-state index contributed by atoms with van der Waals surface area (Å²) in [7, 11) is 0. The summed E-state index contributed by atoms with van der Waals surface area (Å²) in [5.74, 6) is 2.17. The lowest BCUT2D eigenvalue weighted by Crippen LogP contribution is -2.03. The van der Waals surface area contributed by atoms with E-state index in [9.17, 15) is 0 Å². The number of hydrogen-bond donors (Lipinski definition) is 1. The topological polar surface area (TPSA) is 122 Å². The number of aryl methyl sites for hydroxylation is 3. The molecule has 0 radical (unpaired) electrons. The molecule has 0 saturated heterocycles. The average molecular weight is 656 g/mol. The van der Waals surface area contributed by atoms with Crippen molar-refractivity contribution < 1.29 is 8.83 Å². The van der Waals surface area contributed by atoms with Crippen molar-refractivity contribution in [1.82, 2.24) is 29.5 Å². The standard InChI is InChI=1S/C21H16N4O.C20H17N3O/c1-14-23-18-12-15(21-24-17-7-2-3-8-20(17)26-21)9-10-19(18)25(14)13-16-6-4-5-11-22-16;21-17-13-15(20-23-18-6-1-2-7-19(18)24-20)9-8-14(17)10-11-16-5-3-4-12-22-16/h2-12H,13H2,1H3;1-9,12-13H,10-11,21H2. The number of aromatic nitrogens is 6. The fraction of sp³-hybridized carbons (Fsp3) is 0.0976. The minimum Gasteiger partial charge on any atom is -0.436 e. The second-order valence-electron chi connectivity index (χ2n) is 12.0. The Balaban J connectivity index is 0.000000145. The molecule has 5 heterocycles. The van der Waals surface area contributed by atoms with E-state index in [-0.39, 0.29) is 0 Å². The number of rotatable bonds is 7. The van der Waals surface area contributed by atoms with E-state index >= 15 is 0 Å². The maximum atomic E-state index is 6.23. The van der Waals surface area contributed by atoms with Gasteiger partial charge in [-0.15, -0.1) is 0 Å². The maximum Gasteiger partial charge on any atom is 0.227 e. The average Bonchev–Trinajstić information content (AvgIpc) is 3.87. The molecule has 9 aromatic rings. The van der Waals surface area contributed by atoms with Gasteiger partial charge in [-0.2, -0.15) is 0 Å². The van der Waals surface area contributed by atoms with Crippen LogP contribution in [-0.4, -0.2) is 29.5 Å². The number of pyridine rings is 2. The van der Waals surface area contributed by atoms with Crippen LogP contribution in [-0.2, 0) is 19.4 Å². The molecule has 0 fully saturated rings. The molecule has 0 aliphatic heterocycles. The Morgan fingerprint density at radius 3 is 1.80 bits per heavy atom. The van der Waals surface area contributed by atoms with E-state index in [0.717, 1.165) is 85.7 Å². The number of nitrogen functional groups attached to an aromatic ring is 1.